The molecule has 0 bridgehead atoms. The number of fused-ring (bicyclic) bond motifs is 1. The average molecular weight is 231 g/mol. The zero-order valence-corrected chi connectivity index (χ0v) is 10.4. The first-order chi connectivity index (χ1) is 7.97. The lowest BCUT2D eigenvalue weighted by Crippen LogP contribution is -2.28. The Morgan fingerprint density at radius 2 is 2.06 bits per heavy atom. The lowest BCUT2D eigenvalue weighted by atomic mass is 9.96. The minimum absolute atomic E-state index is 0.277. The summed E-state index contributed by atoms with van der Waals surface area (Å²) in [6.45, 7) is 5.59. The van der Waals surface area contributed by atoms with E-state index in [0.29, 0.717) is 0 Å². The summed E-state index contributed by atoms with van der Waals surface area (Å²) in [7, 11) is 0. The van der Waals surface area contributed by atoms with Crippen LogP contribution < -0.4 is 0 Å². The normalized spacial score (nSPS) is 18.6. The number of hydrogen-bond donors (Lipinski definition) is 0. The molecule has 1 aromatic carbocycles. The van der Waals surface area contributed by atoms with Gasteiger partial charge < -0.3 is 4.74 Å². The molecule has 1 aliphatic rings. The zero-order chi connectivity index (χ0) is 12.5. The van der Waals surface area contributed by atoms with E-state index in [4.69, 9.17) is 4.74 Å². The predicted molar refractivity (Wildman–Crippen MR) is 67.2 cm³/mol. The minimum atomic E-state index is -0.501. The van der Waals surface area contributed by atoms with Crippen molar-refractivity contribution < 1.29 is 9.53 Å². The highest BCUT2D eigenvalue weighted by Crippen LogP contribution is 2.27. The molecule has 0 saturated heterocycles. The summed E-state index contributed by atoms with van der Waals surface area (Å²) in [4.78, 5) is 16.3. The molecule has 90 valence electrons. The van der Waals surface area contributed by atoms with Gasteiger partial charge in [-0.15, -0.1) is 0 Å². The third kappa shape index (κ3) is 2.73. The quantitative estimate of drug-likeness (QED) is 0.697. The topological polar surface area (TPSA) is 38.7 Å². The number of hydrogen-bond acceptors (Lipinski definition) is 3. The van der Waals surface area contributed by atoms with Crippen molar-refractivity contribution in [1.29, 1.82) is 0 Å². The molecular formula is C14H17NO2. The van der Waals surface area contributed by atoms with E-state index in [1.54, 1.807) is 6.21 Å². The third-order valence-electron chi connectivity index (χ3n) is 2.55. The van der Waals surface area contributed by atoms with E-state index in [-0.39, 0.29) is 5.97 Å². The van der Waals surface area contributed by atoms with E-state index >= 15 is 0 Å². The first-order valence-electron chi connectivity index (χ1n) is 5.80. The maximum atomic E-state index is 12.0. The Balaban J connectivity index is 2.25. The Morgan fingerprint density at radius 3 is 2.76 bits per heavy atom. The molecule has 2 rings (SSSR count). The van der Waals surface area contributed by atoms with E-state index < -0.39 is 11.6 Å². The van der Waals surface area contributed by atoms with Gasteiger partial charge in [0.05, 0.1) is 0 Å². The van der Waals surface area contributed by atoms with Crippen molar-refractivity contribution in [1.82, 2.24) is 0 Å². The molecule has 0 aliphatic carbocycles. The molecule has 1 unspecified atom stereocenters. The van der Waals surface area contributed by atoms with E-state index in [1.807, 2.05) is 45.0 Å². The van der Waals surface area contributed by atoms with Crippen LogP contribution in [0.5, 0.6) is 0 Å². The molecule has 3 nitrogen and oxygen atoms in total. The van der Waals surface area contributed by atoms with Crippen molar-refractivity contribution >= 4 is 12.2 Å². The van der Waals surface area contributed by atoms with Crippen molar-refractivity contribution in [2.45, 2.75) is 38.8 Å². The fraction of sp³-hybridized carbons (Fsp3) is 0.429. The van der Waals surface area contributed by atoms with Gasteiger partial charge in [0.2, 0.25) is 0 Å². The van der Waals surface area contributed by atoms with Crippen molar-refractivity contribution in [2.75, 3.05) is 0 Å². The van der Waals surface area contributed by atoms with Crippen LogP contribution in [0.3, 0.4) is 0 Å². The summed E-state index contributed by atoms with van der Waals surface area (Å²) in [6.07, 6.45) is 2.58. The number of esters is 1. The maximum absolute atomic E-state index is 12.0. The van der Waals surface area contributed by atoms with Crippen LogP contribution in [0.15, 0.2) is 29.3 Å². The van der Waals surface area contributed by atoms with Crippen LogP contribution in [0.25, 0.3) is 0 Å². The van der Waals surface area contributed by atoms with Crippen LogP contribution in [0.2, 0.25) is 0 Å². The number of rotatable bonds is 1. The lowest BCUT2D eigenvalue weighted by Gasteiger charge is -2.24. The number of ether oxygens (including phenoxy) is 1. The summed E-state index contributed by atoms with van der Waals surface area (Å²) in [5, 5.41) is 0. The Morgan fingerprint density at radius 1 is 1.35 bits per heavy atom. The fourth-order valence-electron chi connectivity index (χ4n) is 1.87. The Labute approximate surface area is 102 Å². The van der Waals surface area contributed by atoms with E-state index in [9.17, 15) is 4.79 Å². The van der Waals surface area contributed by atoms with E-state index in [0.717, 1.165) is 17.5 Å². The summed E-state index contributed by atoms with van der Waals surface area (Å²) < 4.78 is 5.38. The summed E-state index contributed by atoms with van der Waals surface area (Å²) in [6, 6.07) is 7.37. The van der Waals surface area contributed by atoms with Crippen molar-refractivity contribution in [2.24, 2.45) is 4.99 Å². The Kier molecular flexibility index (Phi) is 3.01. The number of benzene rings is 1. The van der Waals surface area contributed by atoms with Gasteiger partial charge in [-0.2, -0.15) is 0 Å². The molecule has 1 heterocycles. The minimum Gasteiger partial charge on any atom is -0.458 e. The summed E-state index contributed by atoms with van der Waals surface area (Å²) >= 11 is 0. The fourth-order valence-corrected chi connectivity index (χ4v) is 1.87. The number of aliphatic imine (C=N–C) groups is 1. The largest absolute Gasteiger partial charge is 0.458 e. The van der Waals surface area contributed by atoms with Gasteiger partial charge in [0.15, 0.2) is 6.04 Å². The first-order valence-corrected chi connectivity index (χ1v) is 5.80. The number of nitrogens with zero attached hydrogens (tertiary/aromatic N) is 1. The van der Waals surface area contributed by atoms with Gasteiger partial charge in [-0.05, 0) is 31.9 Å². The number of carbonyl (C=O) groups excluding carboxylic acids is 1. The molecule has 17 heavy (non-hydrogen) atoms. The molecule has 3 heteroatoms. The van der Waals surface area contributed by atoms with Gasteiger partial charge in [0.25, 0.3) is 0 Å². The standard InChI is InChI=1S/C14H17NO2/c1-14(2,3)17-13(16)12-11-7-5-4-6-10(11)8-9-15-12/h4-7,9,12H,8H2,1-3H3. The zero-order valence-electron chi connectivity index (χ0n) is 10.4. The van der Waals surface area contributed by atoms with Gasteiger partial charge in [0, 0.05) is 12.6 Å². The molecular weight excluding hydrogens is 214 g/mol. The molecule has 0 aromatic heterocycles. The molecule has 0 spiro atoms. The molecule has 0 amide bonds. The van der Waals surface area contributed by atoms with Crippen molar-refractivity contribution in [3.05, 3.63) is 35.4 Å². The smallest absolute Gasteiger partial charge is 0.336 e. The second kappa shape index (κ2) is 4.32. The van der Waals surface area contributed by atoms with Gasteiger partial charge >= 0.3 is 5.97 Å². The lowest BCUT2D eigenvalue weighted by molar-refractivity contribution is -0.156. The Bertz CT molecular complexity index is 458. The Hall–Kier alpha value is -1.64. The van der Waals surface area contributed by atoms with E-state index in [2.05, 4.69) is 4.99 Å². The SMILES string of the molecule is CC(C)(C)OC(=O)C1N=CCc2ccccc21. The van der Waals surface area contributed by atoms with Crippen LogP contribution in [-0.4, -0.2) is 17.8 Å². The summed E-state index contributed by atoms with van der Waals surface area (Å²) in [5.74, 6) is -0.277. The first kappa shape index (κ1) is 11.8. The molecule has 0 fully saturated rings. The van der Waals surface area contributed by atoms with Gasteiger partial charge in [-0.1, -0.05) is 24.3 Å². The van der Waals surface area contributed by atoms with Crippen LogP contribution in [0, 0.1) is 0 Å². The second-order valence-electron chi connectivity index (χ2n) is 5.17. The number of carbonyl (C=O) groups is 1. The van der Waals surface area contributed by atoms with Crippen LogP contribution in [0.1, 0.15) is 37.9 Å². The van der Waals surface area contributed by atoms with Crippen molar-refractivity contribution in [3.8, 4) is 0 Å². The molecule has 1 aliphatic heterocycles. The molecule has 1 atom stereocenters. The van der Waals surface area contributed by atoms with Crippen LogP contribution >= 0.6 is 0 Å². The molecule has 1 aromatic rings. The maximum Gasteiger partial charge on any atom is 0.336 e. The van der Waals surface area contributed by atoms with Gasteiger partial charge in [0.1, 0.15) is 5.60 Å². The van der Waals surface area contributed by atoms with E-state index in [1.165, 1.54) is 0 Å². The molecule has 0 N–H and O–H groups in total. The predicted octanol–water partition coefficient (Wildman–Crippen LogP) is 2.70. The van der Waals surface area contributed by atoms with Crippen LogP contribution in [-0.2, 0) is 16.0 Å². The van der Waals surface area contributed by atoms with Gasteiger partial charge in [-0.3, -0.25) is 4.99 Å². The average Bonchev–Trinajstić information content (AvgIpc) is 2.26. The second-order valence-corrected chi connectivity index (χ2v) is 5.17. The molecule has 0 saturated carbocycles. The highest BCUT2D eigenvalue weighted by Gasteiger charge is 2.28. The highest BCUT2D eigenvalue weighted by molar-refractivity contribution is 5.83. The van der Waals surface area contributed by atoms with Gasteiger partial charge in [-0.25, -0.2) is 4.79 Å². The summed E-state index contributed by atoms with van der Waals surface area (Å²) in [5.41, 5.74) is 1.64. The monoisotopic (exact) mass is 231 g/mol. The highest BCUT2D eigenvalue weighted by atomic mass is 16.6. The molecule has 0 radical (unpaired) electrons. The van der Waals surface area contributed by atoms with Crippen LogP contribution in [0.4, 0.5) is 0 Å². The van der Waals surface area contributed by atoms with Crippen molar-refractivity contribution in [3.63, 3.8) is 0 Å². The third-order valence-corrected chi connectivity index (χ3v) is 2.55.